The molecule has 14 heavy (non-hydrogen) atoms. The quantitative estimate of drug-likeness (QED) is 0.718. The first-order valence-electron chi connectivity index (χ1n) is 5.06. The molecule has 3 heteroatoms. The summed E-state index contributed by atoms with van der Waals surface area (Å²) in [6.45, 7) is 4.22. The number of pyridine rings is 1. The summed E-state index contributed by atoms with van der Waals surface area (Å²) >= 11 is 0. The van der Waals surface area contributed by atoms with Gasteiger partial charge in [-0.05, 0) is 25.0 Å². The van der Waals surface area contributed by atoms with Crippen molar-refractivity contribution in [3.8, 4) is 0 Å². The number of fused-ring (bicyclic) bond motifs is 1. The summed E-state index contributed by atoms with van der Waals surface area (Å²) in [5.41, 5.74) is 2.11. The summed E-state index contributed by atoms with van der Waals surface area (Å²) in [5.74, 6) is 1.72. The number of aliphatic imine (C=N–C) groups is 1. The average Bonchev–Trinajstić information content (AvgIpc) is 2.59. The summed E-state index contributed by atoms with van der Waals surface area (Å²) in [6.07, 6.45) is 5.08. The molecule has 0 atom stereocenters. The maximum absolute atomic E-state index is 4.48. The van der Waals surface area contributed by atoms with Crippen LogP contribution in [0.15, 0.2) is 17.3 Å². The summed E-state index contributed by atoms with van der Waals surface area (Å²) in [4.78, 5) is 8.67. The van der Waals surface area contributed by atoms with Crippen LogP contribution in [-0.2, 0) is 0 Å². The fraction of sp³-hybridized carbons (Fsp3) is 0.455. The summed E-state index contributed by atoms with van der Waals surface area (Å²) in [6, 6.07) is 1.97. The van der Waals surface area contributed by atoms with Crippen LogP contribution in [-0.4, -0.2) is 10.8 Å². The van der Waals surface area contributed by atoms with Gasteiger partial charge < -0.3 is 0 Å². The minimum Gasteiger partial charge on any atom is -0.235 e. The third-order valence-corrected chi connectivity index (χ3v) is 2.34. The van der Waals surface area contributed by atoms with E-state index in [4.69, 9.17) is 0 Å². The topological polar surface area (TPSA) is 39.4 Å². The normalized spacial score (nSPS) is 13.4. The van der Waals surface area contributed by atoms with Crippen LogP contribution in [0.2, 0.25) is 0 Å². The molecule has 1 aromatic rings. The molecule has 73 valence electrons. The lowest BCUT2D eigenvalue weighted by Crippen LogP contribution is -2.06. The second-order valence-electron chi connectivity index (χ2n) is 3.54. The standard InChI is InChI=1S/C11H14N3/c1-3-4-5-9-13-10-8(2)6-7-12-11(10)14-9/h6-7H,3-5H2,1-2H3. The Balaban J connectivity index is 2.17. The van der Waals surface area contributed by atoms with E-state index in [1.165, 1.54) is 6.42 Å². The molecule has 2 heterocycles. The van der Waals surface area contributed by atoms with Crippen LogP contribution in [0.3, 0.4) is 0 Å². The second kappa shape index (κ2) is 3.78. The highest BCUT2D eigenvalue weighted by Crippen LogP contribution is 2.31. The SMILES string of the molecule is CCCCC1=Nc2c(C)ccnc2[N]1. The van der Waals surface area contributed by atoms with E-state index in [-0.39, 0.29) is 0 Å². The molecule has 0 aromatic carbocycles. The monoisotopic (exact) mass is 188 g/mol. The van der Waals surface area contributed by atoms with Crippen molar-refractivity contribution in [2.45, 2.75) is 33.1 Å². The highest BCUT2D eigenvalue weighted by molar-refractivity contribution is 5.95. The Labute approximate surface area is 84.3 Å². The molecule has 3 nitrogen and oxygen atoms in total. The van der Waals surface area contributed by atoms with E-state index in [2.05, 4.69) is 22.2 Å². The third kappa shape index (κ3) is 1.62. The zero-order valence-corrected chi connectivity index (χ0v) is 8.62. The Hall–Kier alpha value is -1.38. The molecular formula is C11H14N3. The molecule has 0 saturated carbocycles. The van der Waals surface area contributed by atoms with Gasteiger partial charge in [0.1, 0.15) is 11.5 Å². The van der Waals surface area contributed by atoms with E-state index in [1.807, 2.05) is 13.0 Å². The molecule has 0 spiro atoms. The number of unbranched alkanes of at least 4 members (excludes halogenated alkanes) is 1. The molecular weight excluding hydrogens is 174 g/mol. The Kier molecular flexibility index (Phi) is 2.48. The van der Waals surface area contributed by atoms with Gasteiger partial charge in [0.25, 0.3) is 0 Å². The minimum atomic E-state index is 0.788. The first-order valence-corrected chi connectivity index (χ1v) is 5.06. The van der Waals surface area contributed by atoms with Gasteiger partial charge in [-0.3, -0.25) is 0 Å². The Morgan fingerprint density at radius 1 is 1.36 bits per heavy atom. The van der Waals surface area contributed by atoms with Crippen molar-refractivity contribution < 1.29 is 0 Å². The molecule has 0 N–H and O–H groups in total. The van der Waals surface area contributed by atoms with Crippen LogP contribution in [0.4, 0.5) is 11.5 Å². The highest BCUT2D eigenvalue weighted by atomic mass is 15.1. The zero-order valence-electron chi connectivity index (χ0n) is 8.62. The molecule has 0 amide bonds. The first-order chi connectivity index (χ1) is 6.81. The van der Waals surface area contributed by atoms with Crippen molar-refractivity contribution in [1.82, 2.24) is 10.3 Å². The number of amidine groups is 1. The predicted molar refractivity (Wildman–Crippen MR) is 57.4 cm³/mol. The van der Waals surface area contributed by atoms with Gasteiger partial charge in [-0.2, -0.15) is 0 Å². The van der Waals surface area contributed by atoms with Crippen molar-refractivity contribution in [3.63, 3.8) is 0 Å². The van der Waals surface area contributed by atoms with Crippen molar-refractivity contribution in [2.24, 2.45) is 4.99 Å². The molecule has 0 saturated heterocycles. The Morgan fingerprint density at radius 2 is 2.21 bits per heavy atom. The Morgan fingerprint density at radius 3 is 2.93 bits per heavy atom. The van der Waals surface area contributed by atoms with Gasteiger partial charge >= 0.3 is 0 Å². The number of rotatable bonds is 3. The molecule has 0 fully saturated rings. The fourth-order valence-corrected chi connectivity index (χ4v) is 1.48. The number of aromatic nitrogens is 1. The number of hydrogen-bond acceptors (Lipinski definition) is 2. The number of nitrogens with zero attached hydrogens (tertiary/aromatic N) is 3. The van der Waals surface area contributed by atoms with Crippen LogP contribution in [0, 0.1) is 6.92 Å². The molecule has 1 radical (unpaired) electrons. The van der Waals surface area contributed by atoms with Crippen LogP contribution >= 0.6 is 0 Å². The number of aryl methyl sites for hydroxylation is 1. The first kappa shape index (κ1) is 9.19. The third-order valence-electron chi connectivity index (χ3n) is 2.34. The van der Waals surface area contributed by atoms with Crippen LogP contribution in [0.1, 0.15) is 31.7 Å². The molecule has 0 bridgehead atoms. The predicted octanol–water partition coefficient (Wildman–Crippen LogP) is 2.86. The van der Waals surface area contributed by atoms with Crippen LogP contribution < -0.4 is 5.32 Å². The lowest BCUT2D eigenvalue weighted by molar-refractivity contribution is 0.824. The molecule has 2 rings (SSSR count). The molecule has 0 unspecified atom stereocenters. The Bertz CT molecular complexity index is 369. The van der Waals surface area contributed by atoms with E-state index in [9.17, 15) is 0 Å². The lowest BCUT2D eigenvalue weighted by atomic mass is 10.2. The number of hydrogen-bond donors (Lipinski definition) is 0. The maximum Gasteiger partial charge on any atom is 0.180 e. The van der Waals surface area contributed by atoms with E-state index in [0.717, 1.165) is 35.7 Å². The zero-order chi connectivity index (χ0) is 9.97. The highest BCUT2D eigenvalue weighted by Gasteiger charge is 2.17. The van der Waals surface area contributed by atoms with Crippen molar-refractivity contribution in [3.05, 3.63) is 17.8 Å². The van der Waals surface area contributed by atoms with Crippen molar-refractivity contribution >= 4 is 17.3 Å². The minimum absolute atomic E-state index is 0.788. The fourth-order valence-electron chi connectivity index (χ4n) is 1.48. The van der Waals surface area contributed by atoms with Crippen LogP contribution in [0.25, 0.3) is 0 Å². The van der Waals surface area contributed by atoms with Gasteiger partial charge in [0.15, 0.2) is 5.82 Å². The molecule has 1 aliphatic heterocycles. The van der Waals surface area contributed by atoms with Gasteiger partial charge in [-0.1, -0.05) is 13.3 Å². The largest absolute Gasteiger partial charge is 0.235 e. The van der Waals surface area contributed by atoms with Gasteiger partial charge in [0, 0.05) is 12.6 Å². The van der Waals surface area contributed by atoms with Gasteiger partial charge in [-0.25, -0.2) is 15.3 Å². The maximum atomic E-state index is 4.48. The summed E-state index contributed by atoms with van der Waals surface area (Å²) in [5, 5.41) is 4.39. The summed E-state index contributed by atoms with van der Waals surface area (Å²) in [7, 11) is 0. The second-order valence-corrected chi connectivity index (χ2v) is 3.54. The van der Waals surface area contributed by atoms with Gasteiger partial charge in [0.05, 0.1) is 0 Å². The molecule has 0 aliphatic carbocycles. The molecule has 1 aliphatic rings. The van der Waals surface area contributed by atoms with E-state index in [1.54, 1.807) is 6.20 Å². The van der Waals surface area contributed by atoms with E-state index < -0.39 is 0 Å². The molecule has 1 aromatic heterocycles. The summed E-state index contributed by atoms with van der Waals surface area (Å²) < 4.78 is 0. The van der Waals surface area contributed by atoms with E-state index in [0.29, 0.717) is 0 Å². The van der Waals surface area contributed by atoms with Crippen molar-refractivity contribution in [2.75, 3.05) is 0 Å². The smallest absolute Gasteiger partial charge is 0.180 e. The van der Waals surface area contributed by atoms with E-state index >= 15 is 0 Å². The van der Waals surface area contributed by atoms with Gasteiger partial charge in [-0.15, -0.1) is 0 Å². The van der Waals surface area contributed by atoms with Crippen molar-refractivity contribution in [1.29, 1.82) is 0 Å². The average molecular weight is 188 g/mol. The lowest BCUT2D eigenvalue weighted by Gasteiger charge is -1.97. The van der Waals surface area contributed by atoms with Gasteiger partial charge in [0.2, 0.25) is 0 Å². The van der Waals surface area contributed by atoms with Crippen LogP contribution in [0.5, 0.6) is 0 Å².